The molecule has 5 rings (SSSR count). The van der Waals surface area contributed by atoms with Gasteiger partial charge in [-0.1, -0.05) is 48.0 Å². The van der Waals surface area contributed by atoms with Gasteiger partial charge in [-0.15, -0.1) is 17.9 Å². The minimum Gasteiger partial charge on any atom is -0.305 e. The Morgan fingerprint density at radius 1 is 1.09 bits per heavy atom. The van der Waals surface area contributed by atoms with Crippen LogP contribution >= 0.6 is 22.9 Å². The van der Waals surface area contributed by atoms with Crippen molar-refractivity contribution in [2.45, 2.75) is 18.4 Å². The van der Waals surface area contributed by atoms with Crippen molar-refractivity contribution < 1.29 is 14.4 Å². The zero-order valence-corrected chi connectivity index (χ0v) is 18.5. The second-order valence-electron chi connectivity index (χ2n) is 7.74. The van der Waals surface area contributed by atoms with Crippen molar-refractivity contribution in [2.24, 2.45) is 0 Å². The Kier molecular flexibility index (Phi) is 4.95. The highest BCUT2D eigenvalue weighted by molar-refractivity contribution is 7.13. The van der Waals surface area contributed by atoms with E-state index >= 15 is 0 Å². The summed E-state index contributed by atoms with van der Waals surface area (Å²) in [6.07, 6.45) is 1.26. The number of carbonyl (C=O) groups excluding carboxylic acids is 3. The first-order valence-electron chi connectivity index (χ1n) is 10.0. The molecule has 1 atom stereocenters. The molecule has 3 aromatic rings. The Hall–Kier alpha value is -3.29. The molecule has 0 aliphatic carbocycles. The average molecular weight is 464 g/mol. The van der Waals surface area contributed by atoms with Crippen molar-refractivity contribution in [3.8, 4) is 10.6 Å². The number of carbonyl (C=O) groups is 3. The molecular weight excluding hydrogens is 446 g/mol. The van der Waals surface area contributed by atoms with E-state index in [9.17, 15) is 14.4 Å². The first-order valence-corrected chi connectivity index (χ1v) is 11.3. The second kappa shape index (κ2) is 7.69. The Morgan fingerprint density at radius 3 is 2.59 bits per heavy atom. The van der Waals surface area contributed by atoms with Crippen LogP contribution in [-0.2, 0) is 26.3 Å². The van der Waals surface area contributed by atoms with Crippen LogP contribution in [0.1, 0.15) is 17.7 Å². The fourth-order valence-electron chi connectivity index (χ4n) is 4.39. The highest BCUT2D eigenvalue weighted by Gasteiger charge is 2.63. The SMILES string of the molecule is C=CCN1C(=O)CC2(C1=O)C(=O)N(Cc1csc(-c3ccccc3)n1)c1ccc(Cl)cc12. The molecule has 1 fully saturated rings. The summed E-state index contributed by atoms with van der Waals surface area (Å²) < 4.78 is 0. The molecule has 0 bridgehead atoms. The van der Waals surface area contributed by atoms with E-state index in [1.54, 1.807) is 18.2 Å². The molecule has 0 saturated carbocycles. The van der Waals surface area contributed by atoms with E-state index in [1.807, 2.05) is 35.7 Å². The van der Waals surface area contributed by atoms with Crippen molar-refractivity contribution in [1.82, 2.24) is 9.88 Å². The van der Waals surface area contributed by atoms with Gasteiger partial charge in [0.2, 0.25) is 17.7 Å². The van der Waals surface area contributed by atoms with Crippen LogP contribution in [0.3, 0.4) is 0 Å². The molecule has 1 spiro atoms. The summed E-state index contributed by atoms with van der Waals surface area (Å²) in [7, 11) is 0. The maximum absolute atomic E-state index is 13.7. The third-order valence-electron chi connectivity index (χ3n) is 5.85. The first-order chi connectivity index (χ1) is 15.5. The number of aromatic nitrogens is 1. The number of anilines is 1. The van der Waals surface area contributed by atoms with Crippen molar-refractivity contribution in [3.05, 3.63) is 82.8 Å². The summed E-state index contributed by atoms with van der Waals surface area (Å²) in [4.78, 5) is 47.0. The number of imide groups is 1. The van der Waals surface area contributed by atoms with Crippen LogP contribution < -0.4 is 4.90 Å². The predicted molar refractivity (Wildman–Crippen MR) is 123 cm³/mol. The van der Waals surface area contributed by atoms with Crippen LogP contribution in [0.4, 0.5) is 5.69 Å². The molecule has 2 aromatic carbocycles. The second-order valence-corrected chi connectivity index (χ2v) is 9.04. The van der Waals surface area contributed by atoms with Gasteiger partial charge >= 0.3 is 0 Å². The van der Waals surface area contributed by atoms with Gasteiger partial charge in [0.15, 0.2) is 5.41 Å². The Balaban J connectivity index is 1.54. The number of amides is 3. The molecule has 1 saturated heterocycles. The molecular formula is C24H18ClN3O3S. The molecule has 0 radical (unpaired) electrons. The Bertz CT molecular complexity index is 1270. The maximum Gasteiger partial charge on any atom is 0.250 e. The fourth-order valence-corrected chi connectivity index (χ4v) is 5.37. The fraction of sp³-hybridized carbons (Fsp3) is 0.167. The quantitative estimate of drug-likeness (QED) is 0.323. The van der Waals surface area contributed by atoms with Gasteiger partial charge in [0.25, 0.3) is 0 Å². The van der Waals surface area contributed by atoms with Gasteiger partial charge in [-0.25, -0.2) is 4.98 Å². The van der Waals surface area contributed by atoms with Gasteiger partial charge < -0.3 is 4.90 Å². The molecule has 3 heterocycles. The third-order valence-corrected chi connectivity index (χ3v) is 7.03. The first kappa shape index (κ1) is 20.6. The predicted octanol–water partition coefficient (Wildman–Crippen LogP) is 4.19. The number of hydrogen-bond acceptors (Lipinski definition) is 5. The molecule has 2 aliphatic rings. The van der Waals surface area contributed by atoms with Gasteiger partial charge in [0, 0.05) is 33.8 Å². The topological polar surface area (TPSA) is 70.6 Å². The number of hydrogen-bond donors (Lipinski definition) is 0. The van der Waals surface area contributed by atoms with Gasteiger partial charge in [-0.2, -0.15) is 0 Å². The van der Waals surface area contributed by atoms with Crippen LogP contribution in [-0.4, -0.2) is 34.2 Å². The number of nitrogens with zero attached hydrogens (tertiary/aromatic N) is 3. The van der Waals surface area contributed by atoms with Crippen LogP contribution in [0.2, 0.25) is 5.02 Å². The molecule has 32 heavy (non-hydrogen) atoms. The average Bonchev–Trinajstić information content (AvgIpc) is 3.42. The van der Waals surface area contributed by atoms with Crippen molar-refractivity contribution in [1.29, 1.82) is 0 Å². The summed E-state index contributed by atoms with van der Waals surface area (Å²) in [6, 6.07) is 14.8. The van der Waals surface area contributed by atoms with E-state index in [-0.39, 0.29) is 19.5 Å². The lowest BCUT2D eigenvalue weighted by atomic mass is 9.80. The van der Waals surface area contributed by atoms with Gasteiger partial charge in [-0.3, -0.25) is 19.3 Å². The minimum atomic E-state index is -1.58. The van der Waals surface area contributed by atoms with E-state index in [4.69, 9.17) is 11.6 Å². The molecule has 6 nitrogen and oxygen atoms in total. The van der Waals surface area contributed by atoms with E-state index in [0.717, 1.165) is 15.5 Å². The zero-order valence-electron chi connectivity index (χ0n) is 17.0. The summed E-state index contributed by atoms with van der Waals surface area (Å²) >= 11 is 7.72. The van der Waals surface area contributed by atoms with Crippen molar-refractivity contribution in [2.75, 3.05) is 11.4 Å². The number of likely N-dealkylation sites (tertiary alicyclic amines) is 1. The van der Waals surface area contributed by atoms with Crippen LogP contribution in [0.5, 0.6) is 0 Å². The van der Waals surface area contributed by atoms with Crippen LogP contribution in [0.15, 0.2) is 66.6 Å². The smallest absolute Gasteiger partial charge is 0.250 e. The lowest BCUT2D eigenvalue weighted by Crippen LogP contribution is -2.46. The van der Waals surface area contributed by atoms with Gasteiger partial charge in [0.1, 0.15) is 5.01 Å². The van der Waals surface area contributed by atoms with Crippen LogP contribution in [0.25, 0.3) is 10.6 Å². The van der Waals surface area contributed by atoms with E-state index < -0.39 is 23.1 Å². The molecule has 160 valence electrons. The molecule has 0 N–H and O–H groups in total. The summed E-state index contributed by atoms with van der Waals surface area (Å²) in [6.45, 7) is 3.87. The monoisotopic (exact) mass is 463 g/mol. The van der Waals surface area contributed by atoms with Gasteiger partial charge in [-0.05, 0) is 18.2 Å². The van der Waals surface area contributed by atoms with Crippen molar-refractivity contribution in [3.63, 3.8) is 0 Å². The minimum absolute atomic E-state index is 0.0646. The lowest BCUT2D eigenvalue weighted by Gasteiger charge is -2.21. The number of halogens is 1. The van der Waals surface area contributed by atoms with E-state index in [0.29, 0.717) is 22.0 Å². The normalized spacial score (nSPS) is 19.8. The van der Waals surface area contributed by atoms with E-state index in [1.165, 1.54) is 22.3 Å². The molecule has 1 unspecified atom stereocenters. The molecule has 3 amide bonds. The third kappa shape index (κ3) is 3.00. The zero-order chi connectivity index (χ0) is 22.5. The number of rotatable bonds is 5. The highest BCUT2D eigenvalue weighted by Crippen LogP contribution is 2.49. The van der Waals surface area contributed by atoms with E-state index in [2.05, 4.69) is 11.6 Å². The molecule has 1 aromatic heterocycles. The van der Waals surface area contributed by atoms with Crippen molar-refractivity contribution >= 4 is 46.3 Å². The number of fused-ring (bicyclic) bond motifs is 2. The Morgan fingerprint density at radius 2 is 1.84 bits per heavy atom. The lowest BCUT2D eigenvalue weighted by molar-refractivity contribution is -0.141. The summed E-state index contributed by atoms with van der Waals surface area (Å²) in [5, 5.41) is 3.16. The molecule has 8 heteroatoms. The number of benzene rings is 2. The summed E-state index contributed by atoms with van der Waals surface area (Å²) in [5.74, 6) is -1.34. The Labute approximate surface area is 193 Å². The standard InChI is InChI=1S/C24H18ClN3O3S/c1-2-10-27-20(29)12-24(22(27)30)18-11-16(25)8-9-19(18)28(23(24)31)13-17-14-32-21(26-17)15-6-4-3-5-7-15/h2-9,11,14H,1,10,12-13H2. The van der Waals surface area contributed by atoms with Crippen LogP contribution in [0, 0.1) is 0 Å². The van der Waals surface area contributed by atoms with Gasteiger partial charge in [0.05, 0.1) is 18.7 Å². The molecule has 2 aliphatic heterocycles. The highest BCUT2D eigenvalue weighted by atomic mass is 35.5. The summed E-state index contributed by atoms with van der Waals surface area (Å²) in [5.41, 5.74) is 1.17. The largest absolute Gasteiger partial charge is 0.305 e. The maximum atomic E-state index is 13.7. The number of thiazole rings is 1.